The molecule has 4 rings (SSSR count). The number of aryl methyl sites for hydroxylation is 1. The van der Waals surface area contributed by atoms with E-state index in [1.165, 1.54) is 10.5 Å². The average molecular weight is 379 g/mol. The third kappa shape index (κ3) is 4.06. The van der Waals surface area contributed by atoms with E-state index in [9.17, 15) is 9.59 Å². The van der Waals surface area contributed by atoms with Gasteiger partial charge in [-0.1, -0.05) is 30.3 Å². The number of fused-ring (bicyclic) bond motifs is 2. The minimum absolute atomic E-state index is 0.0461. The quantitative estimate of drug-likeness (QED) is 0.710. The Morgan fingerprint density at radius 1 is 1.19 bits per heavy atom. The maximum atomic E-state index is 12.4. The van der Waals surface area contributed by atoms with Gasteiger partial charge < -0.3 is 10.3 Å². The molecule has 1 atom stereocenters. The van der Waals surface area contributed by atoms with Gasteiger partial charge >= 0.3 is 0 Å². The van der Waals surface area contributed by atoms with Crippen molar-refractivity contribution in [1.29, 1.82) is 0 Å². The third-order valence-electron chi connectivity index (χ3n) is 4.77. The lowest BCUT2D eigenvalue weighted by Crippen LogP contribution is -2.30. The second kappa shape index (κ2) is 7.96. The number of rotatable bonds is 5. The number of carbonyl (C=O) groups is 1. The lowest BCUT2D eigenvalue weighted by Gasteiger charge is -2.25. The van der Waals surface area contributed by atoms with Crippen molar-refractivity contribution in [2.75, 3.05) is 5.75 Å². The number of hydrogen-bond donors (Lipinski definition) is 2. The number of aromatic amines is 1. The van der Waals surface area contributed by atoms with E-state index in [1.807, 2.05) is 42.1 Å². The van der Waals surface area contributed by atoms with Gasteiger partial charge in [-0.15, -0.1) is 11.8 Å². The molecule has 0 aliphatic carbocycles. The summed E-state index contributed by atoms with van der Waals surface area (Å²) in [5.74, 6) is 1.69. The molecule has 27 heavy (non-hydrogen) atoms. The molecule has 0 radical (unpaired) electrons. The summed E-state index contributed by atoms with van der Waals surface area (Å²) in [6.45, 7) is 0. The van der Waals surface area contributed by atoms with Crippen LogP contribution in [0, 0.1) is 0 Å². The highest BCUT2D eigenvalue weighted by Gasteiger charge is 2.21. The molecule has 0 bridgehead atoms. The molecule has 0 fully saturated rings. The first-order valence-electron chi connectivity index (χ1n) is 9.20. The summed E-state index contributed by atoms with van der Waals surface area (Å²) < 4.78 is 0. The van der Waals surface area contributed by atoms with Crippen molar-refractivity contribution in [1.82, 2.24) is 15.3 Å². The van der Waals surface area contributed by atoms with Crippen molar-refractivity contribution in [2.45, 2.75) is 36.6 Å². The Morgan fingerprint density at radius 3 is 2.93 bits per heavy atom. The number of nitrogens with zero attached hydrogens (tertiary/aromatic N) is 1. The number of nitrogens with one attached hydrogen (secondary N) is 2. The standard InChI is InChI=1S/C21H21N3O2S/c25-20(23-17-12-13-27-18-9-4-2-6-14(17)18)11-5-10-19-22-16-8-3-1-7-15(16)21(26)24-19/h1-4,6-9,17H,5,10-13H2,(H,23,25)(H,22,24,26)/t17-/m1/s1. The van der Waals surface area contributed by atoms with E-state index in [2.05, 4.69) is 27.4 Å². The van der Waals surface area contributed by atoms with Crippen molar-refractivity contribution in [3.63, 3.8) is 0 Å². The molecule has 3 aromatic rings. The summed E-state index contributed by atoms with van der Waals surface area (Å²) in [6, 6.07) is 15.6. The fraction of sp³-hybridized carbons (Fsp3) is 0.286. The summed E-state index contributed by atoms with van der Waals surface area (Å²) in [5.41, 5.74) is 1.77. The van der Waals surface area contributed by atoms with E-state index in [1.54, 1.807) is 6.07 Å². The zero-order chi connectivity index (χ0) is 18.6. The van der Waals surface area contributed by atoms with Crippen LogP contribution in [0.1, 0.15) is 36.7 Å². The van der Waals surface area contributed by atoms with E-state index in [-0.39, 0.29) is 17.5 Å². The molecule has 1 aromatic heterocycles. The molecule has 0 saturated heterocycles. The van der Waals surface area contributed by atoms with Gasteiger partial charge in [0.2, 0.25) is 5.91 Å². The van der Waals surface area contributed by atoms with Crippen LogP contribution in [0.3, 0.4) is 0 Å². The van der Waals surface area contributed by atoms with Gasteiger partial charge in [0.15, 0.2) is 0 Å². The van der Waals surface area contributed by atoms with Crippen molar-refractivity contribution in [3.8, 4) is 0 Å². The van der Waals surface area contributed by atoms with Crippen LogP contribution in [0.15, 0.2) is 58.2 Å². The molecule has 6 heteroatoms. The predicted octanol–water partition coefficient (Wildman–Crippen LogP) is 3.60. The highest BCUT2D eigenvalue weighted by Crippen LogP contribution is 2.35. The zero-order valence-corrected chi connectivity index (χ0v) is 15.7. The normalized spacial score (nSPS) is 16.1. The first-order chi connectivity index (χ1) is 13.2. The molecule has 1 aliphatic heterocycles. The summed E-state index contributed by atoms with van der Waals surface area (Å²) >= 11 is 1.84. The highest BCUT2D eigenvalue weighted by atomic mass is 32.2. The fourth-order valence-electron chi connectivity index (χ4n) is 3.43. The molecule has 2 heterocycles. The lowest BCUT2D eigenvalue weighted by atomic mass is 10.0. The van der Waals surface area contributed by atoms with Crippen LogP contribution in [0.5, 0.6) is 0 Å². The number of amides is 1. The first kappa shape index (κ1) is 17.8. The van der Waals surface area contributed by atoms with E-state index in [4.69, 9.17) is 0 Å². The summed E-state index contributed by atoms with van der Waals surface area (Å²) in [4.78, 5) is 33.0. The number of thioether (sulfide) groups is 1. The maximum Gasteiger partial charge on any atom is 0.258 e. The number of H-pyrrole nitrogens is 1. The van der Waals surface area contributed by atoms with Crippen LogP contribution in [-0.4, -0.2) is 21.6 Å². The predicted molar refractivity (Wildman–Crippen MR) is 108 cm³/mol. The molecular weight excluding hydrogens is 358 g/mol. The maximum absolute atomic E-state index is 12.4. The Balaban J connectivity index is 1.35. The van der Waals surface area contributed by atoms with Gasteiger partial charge in [0, 0.05) is 23.5 Å². The number of hydrogen-bond acceptors (Lipinski definition) is 4. The Hall–Kier alpha value is -2.60. The second-order valence-electron chi connectivity index (χ2n) is 6.68. The van der Waals surface area contributed by atoms with Crippen LogP contribution in [0.25, 0.3) is 10.9 Å². The van der Waals surface area contributed by atoms with E-state index < -0.39 is 0 Å². The van der Waals surface area contributed by atoms with Crippen molar-refractivity contribution in [2.24, 2.45) is 0 Å². The molecule has 1 amide bonds. The van der Waals surface area contributed by atoms with Gasteiger partial charge in [0.1, 0.15) is 5.82 Å². The molecule has 2 aromatic carbocycles. The van der Waals surface area contributed by atoms with Crippen molar-refractivity contribution in [3.05, 3.63) is 70.3 Å². The molecular formula is C21H21N3O2S. The molecule has 0 unspecified atom stereocenters. The van der Waals surface area contributed by atoms with Crippen molar-refractivity contribution >= 4 is 28.6 Å². The molecule has 0 spiro atoms. The largest absolute Gasteiger partial charge is 0.349 e. The summed E-state index contributed by atoms with van der Waals surface area (Å²) in [6.07, 6.45) is 2.59. The Morgan fingerprint density at radius 2 is 2.00 bits per heavy atom. The van der Waals surface area contributed by atoms with Crippen LogP contribution in [-0.2, 0) is 11.2 Å². The Bertz CT molecular complexity index is 1030. The van der Waals surface area contributed by atoms with Gasteiger partial charge in [-0.3, -0.25) is 9.59 Å². The lowest BCUT2D eigenvalue weighted by molar-refractivity contribution is -0.122. The van der Waals surface area contributed by atoms with Crippen LogP contribution in [0.4, 0.5) is 0 Å². The number of benzene rings is 2. The van der Waals surface area contributed by atoms with Gasteiger partial charge in [-0.2, -0.15) is 0 Å². The zero-order valence-electron chi connectivity index (χ0n) is 14.9. The number of carbonyl (C=O) groups excluding carboxylic acids is 1. The Kier molecular flexibility index (Phi) is 5.25. The van der Waals surface area contributed by atoms with Crippen LogP contribution in [0.2, 0.25) is 0 Å². The van der Waals surface area contributed by atoms with Crippen LogP contribution >= 0.6 is 11.8 Å². The second-order valence-corrected chi connectivity index (χ2v) is 7.82. The number of para-hydroxylation sites is 1. The fourth-order valence-corrected chi connectivity index (χ4v) is 4.55. The SMILES string of the molecule is O=C(CCCc1nc2ccccc2c(=O)[nH]1)N[C@@H]1CCSc2ccccc21. The van der Waals surface area contributed by atoms with Crippen molar-refractivity contribution < 1.29 is 4.79 Å². The van der Waals surface area contributed by atoms with Gasteiger partial charge in [-0.25, -0.2) is 4.98 Å². The monoisotopic (exact) mass is 379 g/mol. The average Bonchev–Trinajstić information content (AvgIpc) is 2.68. The first-order valence-corrected chi connectivity index (χ1v) is 10.2. The smallest absolute Gasteiger partial charge is 0.258 e. The molecule has 138 valence electrons. The van der Waals surface area contributed by atoms with Gasteiger partial charge in [0.05, 0.1) is 16.9 Å². The third-order valence-corrected chi connectivity index (χ3v) is 5.90. The summed E-state index contributed by atoms with van der Waals surface area (Å²) in [7, 11) is 0. The molecule has 0 saturated carbocycles. The molecule has 1 aliphatic rings. The number of aromatic nitrogens is 2. The van der Waals surface area contributed by atoms with E-state index in [0.29, 0.717) is 36.0 Å². The minimum atomic E-state index is -0.128. The molecule has 5 nitrogen and oxygen atoms in total. The van der Waals surface area contributed by atoms with E-state index >= 15 is 0 Å². The van der Waals surface area contributed by atoms with Crippen LogP contribution < -0.4 is 10.9 Å². The highest BCUT2D eigenvalue weighted by molar-refractivity contribution is 7.99. The van der Waals surface area contributed by atoms with Gasteiger partial charge in [-0.05, 0) is 36.6 Å². The minimum Gasteiger partial charge on any atom is -0.349 e. The molecule has 2 N–H and O–H groups in total. The topological polar surface area (TPSA) is 74.8 Å². The summed E-state index contributed by atoms with van der Waals surface area (Å²) in [5, 5.41) is 3.75. The Labute approximate surface area is 161 Å². The van der Waals surface area contributed by atoms with Gasteiger partial charge in [0.25, 0.3) is 5.56 Å². The van der Waals surface area contributed by atoms with E-state index in [0.717, 1.165) is 12.2 Å².